The monoisotopic (exact) mass is 334 g/mol. The minimum atomic E-state index is 0. The van der Waals surface area contributed by atoms with E-state index in [1.807, 2.05) is 0 Å². The fourth-order valence-corrected chi connectivity index (χ4v) is 0. The molecule has 0 bridgehead atoms. The van der Waals surface area contributed by atoms with Crippen molar-refractivity contribution in [2.45, 2.75) is 0 Å². The second-order valence-corrected chi connectivity index (χ2v) is 0. The third kappa shape index (κ3) is 842. The Hall–Kier alpha value is 1.17. The van der Waals surface area contributed by atoms with Crippen molar-refractivity contribution in [2.24, 2.45) is 0 Å². The molecule has 0 heterocycles. The van der Waals surface area contributed by atoms with E-state index in [1.54, 1.807) is 0 Å². The number of aliphatic hydroxyl groups excluding tert-OH is 1. The molecular formula is CH24BaO10. The molecule has 0 unspecified atom stereocenters. The Kier molecular flexibility index (Phi) is 38200. The largest absolute Gasteiger partial charge is 2.00 e. The summed E-state index contributed by atoms with van der Waals surface area (Å²) in [5, 5.41) is 7.00. The zero-order chi connectivity index (χ0) is 2.00. The SMILES string of the molecule is CO.O.O.O.O.O.O.O.O.O.[Ba+2].[H-].[H-]. The zero-order valence-electron chi connectivity index (χ0n) is 8.65. The summed E-state index contributed by atoms with van der Waals surface area (Å²) >= 11 is 0. The van der Waals surface area contributed by atoms with Gasteiger partial charge in [0.25, 0.3) is 0 Å². The average Bonchev–Trinajstić information content (AvgIpc) is 1.00. The Bertz CT molecular complexity index is 18.1. The molecule has 0 saturated carbocycles. The molecule has 0 aromatic rings. The summed E-state index contributed by atoms with van der Waals surface area (Å²) in [7, 11) is 1.00. The van der Waals surface area contributed by atoms with Crippen molar-refractivity contribution < 1.29 is 57.2 Å². The van der Waals surface area contributed by atoms with Gasteiger partial charge in [-0.1, -0.05) is 0 Å². The van der Waals surface area contributed by atoms with Crippen LogP contribution >= 0.6 is 0 Å². The van der Waals surface area contributed by atoms with Gasteiger partial charge in [-0.25, -0.2) is 0 Å². The molecule has 0 saturated heterocycles. The van der Waals surface area contributed by atoms with Gasteiger partial charge < -0.3 is 57.2 Å². The summed E-state index contributed by atoms with van der Waals surface area (Å²) < 4.78 is 0. The van der Waals surface area contributed by atoms with E-state index in [9.17, 15) is 0 Å². The van der Waals surface area contributed by atoms with Crippen molar-refractivity contribution >= 4 is 48.9 Å². The zero-order valence-corrected chi connectivity index (χ0v) is 11.1. The van der Waals surface area contributed by atoms with Crippen LogP contribution in [-0.4, -0.2) is 110 Å². The van der Waals surface area contributed by atoms with Gasteiger partial charge in [0.05, 0.1) is 0 Å². The Balaban J connectivity index is -0.0000000000758. The van der Waals surface area contributed by atoms with E-state index in [0.717, 1.165) is 7.11 Å². The van der Waals surface area contributed by atoms with Crippen molar-refractivity contribution in [1.82, 2.24) is 0 Å². The fraction of sp³-hybridized carbons (Fsp3) is 1.00. The molecular weight excluding hydrogens is 309 g/mol. The van der Waals surface area contributed by atoms with Crippen LogP contribution in [0.4, 0.5) is 0 Å². The molecule has 0 rings (SSSR count). The minimum absolute atomic E-state index is 0. The van der Waals surface area contributed by atoms with Crippen LogP contribution in [0, 0.1) is 0 Å². The van der Waals surface area contributed by atoms with Crippen LogP contribution in [0.3, 0.4) is 0 Å². The van der Waals surface area contributed by atoms with E-state index < -0.39 is 0 Å². The molecule has 0 atom stereocenters. The van der Waals surface area contributed by atoms with Gasteiger partial charge in [-0.2, -0.15) is 0 Å². The van der Waals surface area contributed by atoms with Crippen molar-refractivity contribution in [3.63, 3.8) is 0 Å². The van der Waals surface area contributed by atoms with Gasteiger partial charge in [0, 0.05) is 7.11 Å². The van der Waals surface area contributed by atoms with Crippen molar-refractivity contribution in [2.75, 3.05) is 7.11 Å². The first-order valence-corrected chi connectivity index (χ1v) is 0.447. The number of hydrogen-bond acceptors (Lipinski definition) is 1. The Morgan fingerprint density at radius 2 is 0.500 bits per heavy atom. The molecule has 0 aromatic heterocycles. The maximum atomic E-state index is 7.00. The molecule has 0 aliphatic rings. The van der Waals surface area contributed by atoms with Crippen LogP contribution in [0.15, 0.2) is 0 Å². The van der Waals surface area contributed by atoms with Gasteiger partial charge in [0.15, 0.2) is 0 Å². The molecule has 0 radical (unpaired) electrons. The predicted octanol–water partition coefficient (Wildman–Crippen LogP) is -7.97. The van der Waals surface area contributed by atoms with Crippen LogP contribution < -0.4 is 0 Å². The normalized spacial score (nSPS) is 0.500. The molecule has 0 fully saturated rings. The smallest absolute Gasteiger partial charge is 1.00 e. The topological polar surface area (TPSA) is 304 Å². The molecule has 0 aliphatic carbocycles. The van der Waals surface area contributed by atoms with Crippen LogP contribution in [-0.2, 0) is 0 Å². The van der Waals surface area contributed by atoms with Gasteiger partial charge in [-0.05, 0) is 0 Å². The predicted molar refractivity (Wildman–Crippen MR) is 48.6 cm³/mol. The quantitative estimate of drug-likeness (QED) is 0.414. The minimum Gasteiger partial charge on any atom is -1.00 e. The second-order valence-electron chi connectivity index (χ2n) is 0. The van der Waals surface area contributed by atoms with Crippen LogP contribution in [0.5, 0.6) is 0 Å². The fourth-order valence-electron chi connectivity index (χ4n) is 0. The summed E-state index contributed by atoms with van der Waals surface area (Å²) in [6.45, 7) is 0. The number of hydrogen-bond donors (Lipinski definition) is 1. The van der Waals surface area contributed by atoms with E-state index in [0.29, 0.717) is 0 Å². The van der Waals surface area contributed by atoms with Crippen LogP contribution in [0.1, 0.15) is 2.85 Å². The first-order chi connectivity index (χ1) is 1.00. The molecule has 11 heteroatoms. The van der Waals surface area contributed by atoms with E-state index in [-0.39, 0.29) is 101 Å². The van der Waals surface area contributed by atoms with Crippen molar-refractivity contribution in [3.8, 4) is 0 Å². The third-order valence-electron chi connectivity index (χ3n) is 0. The van der Waals surface area contributed by atoms with Gasteiger partial charge in [0.1, 0.15) is 0 Å². The van der Waals surface area contributed by atoms with Crippen molar-refractivity contribution in [1.29, 1.82) is 0 Å². The number of aliphatic hydroxyl groups is 1. The van der Waals surface area contributed by atoms with Gasteiger partial charge in [-0.3, -0.25) is 0 Å². The second kappa shape index (κ2) is 1110. The summed E-state index contributed by atoms with van der Waals surface area (Å²) in [5.41, 5.74) is 0. The summed E-state index contributed by atoms with van der Waals surface area (Å²) in [6, 6.07) is 0. The molecule has 12 heavy (non-hydrogen) atoms. The van der Waals surface area contributed by atoms with Crippen molar-refractivity contribution in [3.05, 3.63) is 0 Å². The molecule has 0 aliphatic heterocycles. The van der Waals surface area contributed by atoms with Gasteiger partial charge in [0.2, 0.25) is 0 Å². The molecule has 90 valence electrons. The van der Waals surface area contributed by atoms with E-state index in [1.165, 1.54) is 0 Å². The molecule has 10 nitrogen and oxygen atoms in total. The first kappa shape index (κ1) is 414. The Labute approximate surface area is 112 Å². The maximum Gasteiger partial charge on any atom is 2.00 e. The van der Waals surface area contributed by atoms with Crippen LogP contribution in [0.25, 0.3) is 0 Å². The maximum absolute atomic E-state index is 7.00. The van der Waals surface area contributed by atoms with E-state index >= 15 is 0 Å². The molecule has 19 N–H and O–H groups in total. The number of rotatable bonds is 0. The van der Waals surface area contributed by atoms with Gasteiger partial charge in [-0.15, -0.1) is 0 Å². The van der Waals surface area contributed by atoms with Crippen LogP contribution in [0.2, 0.25) is 0 Å². The van der Waals surface area contributed by atoms with E-state index in [2.05, 4.69) is 0 Å². The standard InChI is InChI=1S/CH4O.Ba.9H2O.2H/c1-2;;;;;;;;;;;;/h2H,1H3;;9*1H2;;/q;+2;;;;;;;;;;2*-1. The molecule has 0 aromatic carbocycles. The summed E-state index contributed by atoms with van der Waals surface area (Å²) in [6.07, 6.45) is 0. The van der Waals surface area contributed by atoms with Gasteiger partial charge >= 0.3 is 48.9 Å². The Morgan fingerprint density at radius 1 is 0.500 bits per heavy atom. The summed E-state index contributed by atoms with van der Waals surface area (Å²) in [4.78, 5) is 0. The summed E-state index contributed by atoms with van der Waals surface area (Å²) in [5.74, 6) is 0. The molecule has 0 amide bonds. The first-order valence-electron chi connectivity index (χ1n) is 0.447. The third-order valence-corrected chi connectivity index (χ3v) is 0. The average molecular weight is 334 g/mol. The van der Waals surface area contributed by atoms with E-state index in [4.69, 9.17) is 5.11 Å². The molecule has 0 spiro atoms. The Morgan fingerprint density at radius 3 is 0.500 bits per heavy atom.